The normalized spacial score (nSPS) is 17.3. The van der Waals surface area contributed by atoms with Crippen LogP contribution in [0.3, 0.4) is 0 Å². The molecule has 218 valence electrons. The molecule has 3 aromatic rings. The Bertz CT molecular complexity index is 1660. The molecule has 1 aliphatic rings. The average molecular weight is 612 g/mol. The van der Waals surface area contributed by atoms with Crippen molar-refractivity contribution in [3.8, 4) is 0 Å². The fourth-order valence-electron chi connectivity index (χ4n) is 3.95. The molecule has 3 aromatic carbocycles. The van der Waals surface area contributed by atoms with Crippen molar-refractivity contribution >= 4 is 31.7 Å². The van der Waals surface area contributed by atoms with E-state index in [2.05, 4.69) is 14.8 Å². The summed E-state index contributed by atoms with van der Waals surface area (Å²) in [6.07, 6.45) is -4.67. The molecule has 0 saturated carbocycles. The molecule has 3 N–H and O–H groups in total. The number of hydrazone groups is 1. The molecule has 0 amide bonds. The largest absolute Gasteiger partial charge is 0.416 e. The molecule has 2 atom stereocenters. The van der Waals surface area contributed by atoms with Crippen LogP contribution in [0.2, 0.25) is 0 Å². The predicted molar refractivity (Wildman–Crippen MR) is 145 cm³/mol. The molecule has 41 heavy (non-hydrogen) atoms. The monoisotopic (exact) mass is 611 g/mol. The summed E-state index contributed by atoms with van der Waals surface area (Å²) in [4.78, 5) is 3.67. The van der Waals surface area contributed by atoms with Gasteiger partial charge in [0, 0.05) is 5.92 Å². The highest BCUT2D eigenvalue weighted by molar-refractivity contribution is 7.90. The molecule has 0 spiro atoms. The van der Waals surface area contributed by atoms with Gasteiger partial charge in [0.1, 0.15) is 5.82 Å². The van der Waals surface area contributed by atoms with E-state index in [1.807, 2.05) is 18.2 Å². The van der Waals surface area contributed by atoms with E-state index >= 15 is 0 Å². The lowest BCUT2D eigenvalue weighted by Gasteiger charge is -2.20. The molecule has 0 aromatic heterocycles. The summed E-state index contributed by atoms with van der Waals surface area (Å²) in [6, 6.07) is 17.4. The SMILES string of the molecule is C[C@H](CN=C(NS(=O)(=O)c1ccc(C(F)(F)F)cc1)N1C[C@H](c2ccccc2)C(c2ccc(F)cc2)=N1)S(N)(=O)=O. The fraction of sp³-hybridized carbons (Fsp3) is 0.231. The zero-order valence-corrected chi connectivity index (χ0v) is 23.1. The zero-order valence-electron chi connectivity index (χ0n) is 21.5. The minimum Gasteiger partial charge on any atom is -0.249 e. The lowest BCUT2D eigenvalue weighted by molar-refractivity contribution is -0.137. The lowest BCUT2D eigenvalue weighted by Crippen LogP contribution is -2.42. The van der Waals surface area contributed by atoms with E-state index in [0.29, 0.717) is 23.4 Å². The van der Waals surface area contributed by atoms with Gasteiger partial charge in [0.15, 0.2) is 0 Å². The van der Waals surface area contributed by atoms with Crippen molar-refractivity contribution in [2.24, 2.45) is 15.2 Å². The highest BCUT2D eigenvalue weighted by Gasteiger charge is 2.34. The van der Waals surface area contributed by atoms with Crippen LogP contribution in [-0.4, -0.2) is 51.9 Å². The van der Waals surface area contributed by atoms with Crippen LogP contribution < -0.4 is 9.86 Å². The van der Waals surface area contributed by atoms with Crippen molar-refractivity contribution < 1.29 is 34.4 Å². The summed E-state index contributed by atoms with van der Waals surface area (Å²) < 4.78 is 105. The number of nitrogens with two attached hydrogens (primary N) is 1. The molecule has 0 unspecified atom stereocenters. The number of halogens is 4. The molecule has 4 rings (SSSR count). The van der Waals surface area contributed by atoms with E-state index in [9.17, 15) is 34.4 Å². The van der Waals surface area contributed by atoms with Gasteiger partial charge in [-0.15, -0.1) is 0 Å². The van der Waals surface area contributed by atoms with Gasteiger partial charge in [0.25, 0.3) is 10.0 Å². The third-order valence-corrected chi connectivity index (χ3v) is 8.89. The van der Waals surface area contributed by atoms with Crippen molar-refractivity contribution in [1.82, 2.24) is 9.73 Å². The Hall–Kier alpha value is -3.82. The number of guanidine groups is 1. The lowest BCUT2D eigenvalue weighted by atomic mass is 9.91. The summed E-state index contributed by atoms with van der Waals surface area (Å²) in [5.41, 5.74) is 0.773. The van der Waals surface area contributed by atoms with Crippen LogP contribution in [0.4, 0.5) is 17.6 Å². The summed E-state index contributed by atoms with van der Waals surface area (Å²) in [6.45, 7) is 0.886. The number of primary sulfonamides is 1. The standard InChI is InChI=1S/C26H25F4N5O4S2/c1-17(40(31,36)37)15-32-25(34-41(38,39)22-13-9-20(10-14-22)26(28,29)30)35-16-23(18-5-3-2-4-6-18)24(33-35)19-7-11-21(27)12-8-19/h2-14,17,23H,15-16H2,1H3,(H,32,34)(H2,31,36,37)/t17-,23-/m1/s1. The van der Waals surface area contributed by atoms with Gasteiger partial charge in [0.05, 0.1) is 34.5 Å². The second kappa shape index (κ2) is 11.6. The van der Waals surface area contributed by atoms with E-state index in [4.69, 9.17) is 5.14 Å². The number of hydrogen-bond acceptors (Lipinski definition) is 6. The van der Waals surface area contributed by atoms with Gasteiger partial charge in [-0.25, -0.2) is 41.1 Å². The first-order chi connectivity index (χ1) is 19.1. The number of nitrogens with one attached hydrogen (secondary N) is 1. The van der Waals surface area contributed by atoms with E-state index < -0.39 is 60.2 Å². The average Bonchev–Trinajstić information content (AvgIpc) is 3.36. The number of hydrogen-bond donors (Lipinski definition) is 2. The molecule has 0 aliphatic carbocycles. The molecule has 0 radical (unpaired) electrons. The molecule has 15 heteroatoms. The second-order valence-corrected chi connectivity index (χ2v) is 12.9. The second-order valence-electron chi connectivity index (χ2n) is 9.23. The van der Waals surface area contributed by atoms with E-state index in [1.165, 1.54) is 36.2 Å². The van der Waals surface area contributed by atoms with Crippen LogP contribution >= 0.6 is 0 Å². The van der Waals surface area contributed by atoms with E-state index in [1.54, 1.807) is 12.1 Å². The Morgan fingerprint density at radius 1 is 1.02 bits per heavy atom. The number of nitrogens with zero attached hydrogens (tertiary/aromatic N) is 3. The van der Waals surface area contributed by atoms with E-state index in [-0.39, 0.29) is 12.5 Å². The molecule has 1 aliphatic heterocycles. The fourth-order valence-corrected chi connectivity index (χ4v) is 5.25. The molecule has 9 nitrogen and oxygen atoms in total. The summed E-state index contributed by atoms with van der Waals surface area (Å²) >= 11 is 0. The minimum absolute atomic E-state index is 0.0504. The number of rotatable bonds is 7. The van der Waals surface area contributed by atoms with Crippen molar-refractivity contribution in [3.05, 3.63) is 101 Å². The Morgan fingerprint density at radius 3 is 2.20 bits per heavy atom. The van der Waals surface area contributed by atoms with Gasteiger partial charge in [0.2, 0.25) is 16.0 Å². The highest BCUT2D eigenvalue weighted by atomic mass is 32.2. The van der Waals surface area contributed by atoms with Crippen molar-refractivity contribution in [2.45, 2.75) is 29.2 Å². The van der Waals surface area contributed by atoms with Gasteiger partial charge >= 0.3 is 6.18 Å². The molecule has 0 saturated heterocycles. The number of benzene rings is 3. The van der Waals surface area contributed by atoms with Crippen LogP contribution in [0.25, 0.3) is 0 Å². The van der Waals surface area contributed by atoms with Gasteiger partial charge in [-0.05, 0) is 54.4 Å². The number of aliphatic imine (C=N–C) groups is 1. The molecular weight excluding hydrogens is 586 g/mol. The third-order valence-electron chi connectivity index (χ3n) is 6.28. The number of sulfonamides is 2. The van der Waals surface area contributed by atoms with Crippen molar-refractivity contribution in [3.63, 3.8) is 0 Å². The zero-order chi connectivity index (χ0) is 30.0. The Morgan fingerprint density at radius 2 is 1.63 bits per heavy atom. The van der Waals surface area contributed by atoms with Gasteiger partial charge in [-0.3, -0.25) is 0 Å². The molecule has 0 bridgehead atoms. The maximum Gasteiger partial charge on any atom is 0.416 e. The maximum atomic E-state index is 13.6. The highest BCUT2D eigenvalue weighted by Crippen LogP contribution is 2.31. The number of alkyl halides is 3. The smallest absolute Gasteiger partial charge is 0.249 e. The van der Waals surface area contributed by atoms with Gasteiger partial charge < -0.3 is 0 Å². The van der Waals surface area contributed by atoms with Crippen LogP contribution in [0.5, 0.6) is 0 Å². The Labute approximate surface area is 234 Å². The summed E-state index contributed by atoms with van der Waals surface area (Å²) in [5.74, 6) is -1.28. The summed E-state index contributed by atoms with van der Waals surface area (Å²) in [5, 5.41) is 9.77. The van der Waals surface area contributed by atoms with Crippen LogP contribution in [0.15, 0.2) is 93.9 Å². The van der Waals surface area contributed by atoms with E-state index in [0.717, 1.165) is 17.7 Å². The quantitative estimate of drug-likeness (QED) is 0.239. The predicted octanol–water partition coefficient (Wildman–Crippen LogP) is 3.66. The van der Waals surface area contributed by atoms with Crippen molar-refractivity contribution in [1.29, 1.82) is 0 Å². The van der Waals surface area contributed by atoms with Gasteiger partial charge in [-0.1, -0.05) is 42.5 Å². The first-order valence-electron chi connectivity index (χ1n) is 12.1. The topological polar surface area (TPSA) is 134 Å². The Balaban J connectivity index is 1.75. The molecule has 0 fully saturated rings. The molecule has 1 heterocycles. The first-order valence-corrected chi connectivity index (χ1v) is 15.2. The van der Waals surface area contributed by atoms with Gasteiger partial charge in [-0.2, -0.15) is 18.3 Å². The Kier molecular flexibility index (Phi) is 8.52. The van der Waals surface area contributed by atoms with Crippen LogP contribution in [-0.2, 0) is 26.2 Å². The maximum absolute atomic E-state index is 13.6. The third kappa shape index (κ3) is 7.28. The first kappa shape index (κ1) is 30.1. The molecular formula is C26H25F4N5O4S2. The summed E-state index contributed by atoms with van der Waals surface area (Å²) in [7, 11) is -8.53. The van der Waals surface area contributed by atoms with Crippen LogP contribution in [0.1, 0.15) is 29.5 Å². The minimum atomic E-state index is -4.67. The van der Waals surface area contributed by atoms with Crippen LogP contribution in [0, 0.1) is 5.82 Å². The van der Waals surface area contributed by atoms with Crippen molar-refractivity contribution in [2.75, 3.05) is 13.1 Å².